The van der Waals surface area contributed by atoms with Crippen molar-refractivity contribution in [1.82, 2.24) is 9.29 Å². The Morgan fingerprint density at radius 3 is 2.72 bits per heavy atom. The molecule has 0 amide bonds. The molecule has 164 valence electrons. The van der Waals surface area contributed by atoms with Crippen LogP contribution >= 0.6 is 0 Å². The largest absolute Gasteiger partial charge is 0.490 e. The molecule has 8 nitrogen and oxygen atoms in total. The molecule has 1 N–H and O–H groups in total. The Labute approximate surface area is 166 Å². The average molecular weight is 440 g/mol. The van der Waals surface area contributed by atoms with Crippen molar-refractivity contribution in [3.8, 4) is 0 Å². The highest BCUT2D eigenvalue weighted by atomic mass is 32.2. The maximum atomic E-state index is 12.8. The number of pyridine rings is 1. The number of hydrogen-bond acceptors (Lipinski definition) is 6. The Kier molecular flexibility index (Phi) is 7.60. The van der Waals surface area contributed by atoms with E-state index in [4.69, 9.17) is 19.4 Å². The SMILES string of the molecule is COCC12CCCOC1CCN(S(=O)(=O)c1cccnc1)C2.O=C(O)C(F)(F)F. The van der Waals surface area contributed by atoms with Crippen LogP contribution in [0.15, 0.2) is 29.4 Å². The van der Waals surface area contributed by atoms with Crippen molar-refractivity contribution in [2.75, 3.05) is 33.4 Å². The fourth-order valence-corrected chi connectivity index (χ4v) is 5.12. The van der Waals surface area contributed by atoms with Gasteiger partial charge < -0.3 is 14.6 Å². The number of carbonyl (C=O) groups is 1. The minimum absolute atomic E-state index is 0.0848. The van der Waals surface area contributed by atoms with Crippen molar-refractivity contribution in [2.45, 2.75) is 36.4 Å². The molecule has 2 unspecified atom stereocenters. The van der Waals surface area contributed by atoms with Crippen LogP contribution in [0.25, 0.3) is 0 Å². The minimum Gasteiger partial charge on any atom is -0.475 e. The van der Waals surface area contributed by atoms with Crippen LogP contribution in [0.5, 0.6) is 0 Å². The molecule has 1 aromatic heterocycles. The number of aliphatic carboxylic acids is 1. The number of methoxy groups -OCH3 is 1. The molecular formula is C17H23F3N2O6S. The monoisotopic (exact) mass is 440 g/mol. The molecule has 0 bridgehead atoms. The Bertz CT molecular complexity index is 786. The first kappa shape index (κ1) is 23.5. The van der Waals surface area contributed by atoms with E-state index in [0.29, 0.717) is 26.1 Å². The van der Waals surface area contributed by atoms with Gasteiger partial charge in [-0.1, -0.05) is 0 Å². The molecule has 0 radical (unpaired) electrons. The van der Waals surface area contributed by atoms with Crippen LogP contribution in [0.3, 0.4) is 0 Å². The molecule has 2 aliphatic rings. The van der Waals surface area contributed by atoms with Gasteiger partial charge in [0.1, 0.15) is 4.90 Å². The van der Waals surface area contributed by atoms with Crippen LogP contribution in [0.1, 0.15) is 19.3 Å². The smallest absolute Gasteiger partial charge is 0.475 e. The van der Waals surface area contributed by atoms with Crippen LogP contribution in [0.2, 0.25) is 0 Å². The van der Waals surface area contributed by atoms with E-state index in [2.05, 4.69) is 4.98 Å². The van der Waals surface area contributed by atoms with Crippen molar-refractivity contribution in [3.63, 3.8) is 0 Å². The van der Waals surface area contributed by atoms with Crippen LogP contribution < -0.4 is 0 Å². The van der Waals surface area contributed by atoms with E-state index in [1.807, 2.05) is 0 Å². The van der Waals surface area contributed by atoms with E-state index in [1.165, 1.54) is 6.20 Å². The number of carboxylic acid groups (broad SMARTS) is 1. The van der Waals surface area contributed by atoms with E-state index < -0.39 is 22.2 Å². The summed E-state index contributed by atoms with van der Waals surface area (Å²) in [5.41, 5.74) is -0.236. The zero-order chi connectivity index (χ0) is 21.7. The van der Waals surface area contributed by atoms with Gasteiger partial charge in [0.25, 0.3) is 0 Å². The first-order chi connectivity index (χ1) is 13.5. The lowest BCUT2D eigenvalue weighted by molar-refractivity contribution is -0.192. The first-order valence-corrected chi connectivity index (χ1v) is 10.3. The molecule has 12 heteroatoms. The van der Waals surface area contributed by atoms with Crippen LogP contribution in [0.4, 0.5) is 13.2 Å². The van der Waals surface area contributed by atoms with Gasteiger partial charge in [-0.05, 0) is 31.4 Å². The highest BCUT2D eigenvalue weighted by Crippen LogP contribution is 2.41. The lowest BCUT2D eigenvalue weighted by Gasteiger charge is -2.49. The summed E-state index contributed by atoms with van der Waals surface area (Å²) in [4.78, 5) is 13.1. The molecule has 2 aliphatic heterocycles. The second-order valence-electron chi connectivity index (χ2n) is 6.88. The van der Waals surface area contributed by atoms with Crippen molar-refractivity contribution in [3.05, 3.63) is 24.5 Å². The molecule has 2 atom stereocenters. The summed E-state index contributed by atoms with van der Waals surface area (Å²) in [6.07, 6.45) is 0.573. The van der Waals surface area contributed by atoms with E-state index in [1.54, 1.807) is 29.7 Å². The number of alkyl halides is 3. The second kappa shape index (κ2) is 9.37. The Morgan fingerprint density at radius 1 is 1.48 bits per heavy atom. The van der Waals surface area contributed by atoms with Gasteiger partial charge in [-0.3, -0.25) is 4.98 Å². The number of fused-ring (bicyclic) bond motifs is 1. The Morgan fingerprint density at radius 2 is 2.17 bits per heavy atom. The van der Waals surface area contributed by atoms with Crippen LogP contribution in [-0.2, 0) is 24.3 Å². The lowest BCUT2D eigenvalue weighted by Crippen LogP contribution is -2.57. The van der Waals surface area contributed by atoms with Crippen molar-refractivity contribution < 1.29 is 41.0 Å². The molecule has 3 heterocycles. The molecule has 2 fully saturated rings. The molecule has 29 heavy (non-hydrogen) atoms. The van der Waals surface area contributed by atoms with Gasteiger partial charge in [-0.25, -0.2) is 13.2 Å². The van der Waals surface area contributed by atoms with Crippen LogP contribution in [-0.4, -0.2) is 74.5 Å². The molecule has 0 aliphatic carbocycles. The molecular weight excluding hydrogens is 417 g/mol. The van der Waals surface area contributed by atoms with E-state index in [-0.39, 0.29) is 16.4 Å². The quantitative estimate of drug-likeness (QED) is 0.762. The van der Waals surface area contributed by atoms with Crippen molar-refractivity contribution in [1.29, 1.82) is 0 Å². The third-order valence-electron chi connectivity index (χ3n) is 4.90. The third kappa shape index (κ3) is 5.65. The average Bonchev–Trinajstić information content (AvgIpc) is 2.68. The third-order valence-corrected chi connectivity index (χ3v) is 6.73. The molecule has 0 aromatic carbocycles. The fourth-order valence-electron chi connectivity index (χ4n) is 3.60. The van der Waals surface area contributed by atoms with Gasteiger partial charge in [0.2, 0.25) is 10.0 Å². The zero-order valence-corrected chi connectivity index (χ0v) is 16.6. The van der Waals surface area contributed by atoms with Gasteiger partial charge in [0, 0.05) is 44.6 Å². The molecule has 3 rings (SSSR count). The number of halogens is 3. The summed E-state index contributed by atoms with van der Waals surface area (Å²) >= 11 is 0. The van der Waals surface area contributed by atoms with Crippen molar-refractivity contribution >= 4 is 16.0 Å². The minimum atomic E-state index is -5.08. The zero-order valence-electron chi connectivity index (χ0n) is 15.8. The molecule has 1 aromatic rings. The van der Waals surface area contributed by atoms with Gasteiger partial charge in [-0.15, -0.1) is 0 Å². The van der Waals surface area contributed by atoms with Crippen molar-refractivity contribution in [2.24, 2.45) is 5.41 Å². The maximum Gasteiger partial charge on any atom is 0.490 e. The predicted molar refractivity (Wildman–Crippen MR) is 94.6 cm³/mol. The highest BCUT2D eigenvalue weighted by Gasteiger charge is 2.48. The summed E-state index contributed by atoms with van der Waals surface area (Å²) in [6, 6.07) is 3.24. The van der Waals surface area contributed by atoms with E-state index in [9.17, 15) is 21.6 Å². The summed E-state index contributed by atoms with van der Waals surface area (Å²) in [5, 5.41) is 7.12. The Hall–Kier alpha value is -1.76. The van der Waals surface area contributed by atoms with E-state index >= 15 is 0 Å². The summed E-state index contributed by atoms with van der Waals surface area (Å²) in [7, 11) is -1.85. The standard InChI is InChI=1S/C15H22N2O4S.C2HF3O2/c1-20-12-15-6-3-9-21-14(15)5-8-17(11-15)22(18,19)13-4-2-7-16-10-13;3-2(4,5)1(6)7/h2,4,7,10,14H,3,5-6,8-9,11-12H2,1H3;(H,6,7). The molecule has 0 saturated carbocycles. The number of ether oxygens (including phenoxy) is 2. The predicted octanol–water partition coefficient (Wildman–Crippen LogP) is 1.92. The topological polar surface area (TPSA) is 106 Å². The van der Waals surface area contributed by atoms with E-state index in [0.717, 1.165) is 19.4 Å². The number of carboxylic acids is 1. The molecule has 2 saturated heterocycles. The number of hydrogen-bond donors (Lipinski definition) is 1. The fraction of sp³-hybridized carbons (Fsp3) is 0.647. The van der Waals surface area contributed by atoms with Gasteiger partial charge >= 0.3 is 12.1 Å². The summed E-state index contributed by atoms with van der Waals surface area (Å²) in [6.45, 7) is 2.21. The first-order valence-electron chi connectivity index (χ1n) is 8.84. The highest BCUT2D eigenvalue weighted by molar-refractivity contribution is 7.89. The van der Waals surface area contributed by atoms with Gasteiger partial charge in [0.05, 0.1) is 12.7 Å². The lowest BCUT2D eigenvalue weighted by atomic mass is 9.73. The van der Waals surface area contributed by atoms with Crippen LogP contribution in [0, 0.1) is 5.41 Å². The number of piperidine rings is 1. The summed E-state index contributed by atoms with van der Waals surface area (Å²) in [5.74, 6) is -2.76. The van der Waals surface area contributed by atoms with Gasteiger partial charge in [-0.2, -0.15) is 17.5 Å². The van der Waals surface area contributed by atoms with Gasteiger partial charge in [0.15, 0.2) is 0 Å². The summed E-state index contributed by atoms with van der Waals surface area (Å²) < 4.78 is 70.2. The molecule has 0 spiro atoms. The number of nitrogens with zero attached hydrogens (tertiary/aromatic N) is 2. The number of sulfonamides is 1. The Balaban J connectivity index is 0.000000370. The second-order valence-corrected chi connectivity index (χ2v) is 8.82. The normalized spacial score (nSPS) is 25.4. The number of rotatable bonds is 4. The maximum absolute atomic E-state index is 12.8. The number of aromatic nitrogens is 1.